The molecule has 26 heavy (non-hydrogen) atoms. The first-order valence-corrected chi connectivity index (χ1v) is 8.42. The third-order valence-electron chi connectivity index (χ3n) is 4.90. The van der Waals surface area contributed by atoms with Gasteiger partial charge in [0.15, 0.2) is 11.5 Å². The van der Waals surface area contributed by atoms with Crippen LogP contribution in [0.3, 0.4) is 0 Å². The van der Waals surface area contributed by atoms with Gasteiger partial charge in [-0.05, 0) is 36.2 Å². The molecule has 138 valence electrons. The Bertz CT molecular complexity index is 850. The van der Waals surface area contributed by atoms with Crippen molar-refractivity contribution in [2.75, 3.05) is 32.0 Å². The van der Waals surface area contributed by atoms with E-state index in [0.29, 0.717) is 22.9 Å². The van der Waals surface area contributed by atoms with E-state index in [9.17, 15) is 4.79 Å². The Morgan fingerprint density at radius 2 is 1.69 bits per heavy atom. The van der Waals surface area contributed by atoms with Crippen LogP contribution in [-0.2, 0) is 4.79 Å². The third kappa shape index (κ3) is 2.71. The highest BCUT2D eigenvalue weighted by molar-refractivity contribution is 6.03. The molecule has 0 spiro atoms. The first kappa shape index (κ1) is 17.9. The van der Waals surface area contributed by atoms with Crippen LogP contribution >= 0.6 is 0 Å². The highest BCUT2D eigenvalue weighted by Crippen LogP contribution is 2.46. The second-order valence-electron chi connectivity index (χ2n) is 6.44. The van der Waals surface area contributed by atoms with Gasteiger partial charge in [0.25, 0.3) is 0 Å². The number of rotatable bonds is 5. The third-order valence-corrected chi connectivity index (χ3v) is 4.90. The van der Waals surface area contributed by atoms with E-state index in [1.54, 1.807) is 26.2 Å². The lowest BCUT2D eigenvalue weighted by atomic mass is 9.83. The zero-order chi connectivity index (χ0) is 19.0. The second kappa shape index (κ2) is 6.78. The van der Waals surface area contributed by atoms with Crippen molar-refractivity contribution < 1.29 is 19.0 Å². The average molecular weight is 356 g/mol. The topological polar surface area (TPSA) is 74.0 Å². The van der Waals surface area contributed by atoms with E-state index >= 15 is 0 Å². The lowest BCUT2D eigenvalue weighted by Gasteiger charge is -2.46. The standard InChI is InChI=1S/C20H24N2O4/c1-11-8-14(10-17(25-4)19(11)26-5)22-18(12(2)20(22)23)13-6-7-16(24-3)15(21)9-13/h6-10,12,18H,21H2,1-5H3/t12-,18-/m1/s1. The van der Waals surface area contributed by atoms with Gasteiger partial charge in [0, 0.05) is 11.8 Å². The fourth-order valence-electron chi connectivity index (χ4n) is 3.57. The number of hydrogen-bond donors (Lipinski definition) is 1. The molecule has 1 aliphatic rings. The van der Waals surface area contributed by atoms with Gasteiger partial charge in [-0.1, -0.05) is 13.0 Å². The molecule has 6 nitrogen and oxygen atoms in total. The smallest absolute Gasteiger partial charge is 0.232 e. The molecule has 2 aromatic carbocycles. The van der Waals surface area contributed by atoms with Crippen molar-refractivity contribution in [1.29, 1.82) is 0 Å². The minimum absolute atomic E-state index is 0.0657. The lowest BCUT2D eigenvalue weighted by Crippen LogP contribution is -2.54. The van der Waals surface area contributed by atoms with Gasteiger partial charge in [-0.25, -0.2) is 0 Å². The summed E-state index contributed by atoms with van der Waals surface area (Å²) < 4.78 is 16.1. The molecule has 0 aromatic heterocycles. The van der Waals surface area contributed by atoms with Crippen LogP contribution in [-0.4, -0.2) is 27.2 Å². The molecular weight excluding hydrogens is 332 g/mol. The summed E-state index contributed by atoms with van der Waals surface area (Å²) in [5.41, 5.74) is 9.27. The van der Waals surface area contributed by atoms with Gasteiger partial charge >= 0.3 is 0 Å². The number of β-lactam (4-membered cyclic amide) rings is 1. The Morgan fingerprint density at radius 1 is 1.00 bits per heavy atom. The van der Waals surface area contributed by atoms with Gasteiger partial charge in [-0.2, -0.15) is 0 Å². The molecule has 1 saturated heterocycles. The molecule has 2 aromatic rings. The number of anilines is 2. The predicted molar refractivity (Wildman–Crippen MR) is 101 cm³/mol. The van der Waals surface area contributed by atoms with E-state index in [1.165, 1.54) is 0 Å². The van der Waals surface area contributed by atoms with Crippen LogP contribution < -0.4 is 24.8 Å². The van der Waals surface area contributed by atoms with Gasteiger partial charge in [-0.3, -0.25) is 4.79 Å². The summed E-state index contributed by atoms with van der Waals surface area (Å²) in [4.78, 5) is 14.4. The molecular formula is C20H24N2O4. The summed E-state index contributed by atoms with van der Waals surface area (Å²) in [6, 6.07) is 9.32. The molecule has 0 unspecified atom stereocenters. The molecule has 0 bridgehead atoms. The fraction of sp³-hybridized carbons (Fsp3) is 0.350. The van der Waals surface area contributed by atoms with Gasteiger partial charge in [0.1, 0.15) is 5.75 Å². The number of ether oxygens (including phenoxy) is 3. The highest BCUT2D eigenvalue weighted by atomic mass is 16.5. The fourth-order valence-corrected chi connectivity index (χ4v) is 3.57. The van der Waals surface area contributed by atoms with Crippen molar-refractivity contribution in [3.8, 4) is 17.2 Å². The van der Waals surface area contributed by atoms with Crippen molar-refractivity contribution >= 4 is 17.3 Å². The van der Waals surface area contributed by atoms with Gasteiger partial charge < -0.3 is 24.8 Å². The zero-order valence-corrected chi connectivity index (χ0v) is 15.7. The molecule has 1 amide bonds. The number of carbonyl (C=O) groups is 1. The summed E-state index contributed by atoms with van der Waals surface area (Å²) in [5, 5.41) is 0. The first-order valence-electron chi connectivity index (χ1n) is 8.42. The molecule has 2 atom stereocenters. The van der Waals surface area contributed by atoms with E-state index in [1.807, 2.05) is 44.2 Å². The number of nitrogens with zero attached hydrogens (tertiary/aromatic N) is 1. The Hall–Kier alpha value is -2.89. The van der Waals surface area contributed by atoms with E-state index in [-0.39, 0.29) is 17.9 Å². The number of nitrogens with two attached hydrogens (primary N) is 1. The first-order chi connectivity index (χ1) is 12.4. The maximum Gasteiger partial charge on any atom is 0.232 e. The van der Waals surface area contributed by atoms with Crippen molar-refractivity contribution in [1.82, 2.24) is 0 Å². The Balaban J connectivity index is 2.03. The predicted octanol–water partition coefficient (Wildman–Crippen LogP) is 3.33. The summed E-state index contributed by atoms with van der Waals surface area (Å²) in [7, 11) is 4.77. The molecule has 0 aliphatic carbocycles. The van der Waals surface area contributed by atoms with Crippen molar-refractivity contribution in [3.05, 3.63) is 41.5 Å². The molecule has 1 aliphatic heterocycles. The molecule has 2 N–H and O–H groups in total. The maximum absolute atomic E-state index is 12.6. The Kier molecular flexibility index (Phi) is 4.68. The number of benzene rings is 2. The number of carbonyl (C=O) groups excluding carboxylic acids is 1. The van der Waals surface area contributed by atoms with E-state index in [4.69, 9.17) is 19.9 Å². The molecule has 3 rings (SSSR count). The summed E-state index contributed by atoms with van der Waals surface area (Å²) in [6.07, 6.45) is 0. The average Bonchev–Trinajstić information content (AvgIpc) is 2.64. The van der Waals surface area contributed by atoms with Gasteiger partial charge in [0.05, 0.1) is 39.0 Å². The number of aryl methyl sites for hydroxylation is 1. The molecule has 0 radical (unpaired) electrons. The summed E-state index contributed by atoms with van der Waals surface area (Å²) in [5.74, 6) is 1.83. The molecule has 1 heterocycles. The zero-order valence-electron chi connectivity index (χ0n) is 15.7. The largest absolute Gasteiger partial charge is 0.495 e. The normalized spacial score (nSPS) is 19.1. The monoisotopic (exact) mass is 356 g/mol. The number of nitrogen functional groups attached to an aromatic ring is 1. The van der Waals surface area contributed by atoms with E-state index in [0.717, 1.165) is 16.8 Å². The van der Waals surface area contributed by atoms with Crippen LogP contribution in [0, 0.1) is 12.8 Å². The number of amides is 1. The minimum atomic E-state index is -0.129. The van der Waals surface area contributed by atoms with Crippen molar-refractivity contribution in [2.45, 2.75) is 19.9 Å². The van der Waals surface area contributed by atoms with Gasteiger partial charge in [0.2, 0.25) is 5.91 Å². The van der Waals surface area contributed by atoms with Crippen LogP contribution in [0.5, 0.6) is 17.2 Å². The van der Waals surface area contributed by atoms with Crippen LogP contribution in [0.1, 0.15) is 24.1 Å². The maximum atomic E-state index is 12.6. The minimum Gasteiger partial charge on any atom is -0.495 e. The quantitative estimate of drug-likeness (QED) is 0.657. The second-order valence-corrected chi connectivity index (χ2v) is 6.44. The lowest BCUT2D eigenvalue weighted by molar-refractivity contribution is -0.129. The summed E-state index contributed by atoms with van der Waals surface area (Å²) >= 11 is 0. The van der Waals surface area contributed by atoms with Gasteiger partial charge in [-0.15, -0.1) is 0 Å². The van der Waals surface area contributed by atoms with Crippen LogP contribution in [0.15, 0.2) is 30.3 Å². The van der Waals surface area contributed by atoms with Crippen molar-refractivity contribution in [3.63, 3.8) is 0 Å². The molecule has 6 heteroatoms. The summed E-state index contributed by atoms with van der Waals surface area (Å²) in [6.45, 7) is 3.86. The van der Waals surface area contributed by atoms with E-state index < -0.39 is 0 Å². The van der Waals surface area contributed by atoms with Crippen LogP contribution in [0.25, 0.3) is 0 Å². The van der Waals surface area contributed by atoms with Crippen LogP contribution in [0.4, 0.5) is 11.4 Å². The Labute approximate surface area is 153 Å². The molecule has 1 fully saturated rings. The SMILES string of the molecule is COc1ccc([C@H]2[C@@H](C)C(=O)N2c2cc(C)c(OC)c(OC)c2)cc1N. The van der Waals surface area contributed by atoms with E-state index in [2.05, 4.69) is 0 Å². The van der Waals surface area contributed by atoms with Crippen LogP contribution in [0.2, 0.25) is 0 Å². The highest BCUT2D eigenvalue weighted by Gasteiger charge is 2.46. The van der Waals surface area contributed by atoms with Crippen molar-refractivity contribution in [2.24, 2.45) is 5.92 Å². The molecule has 0 saturated carbocycles. The Morgan fingerprint density at radius 3 is 2.27 bits per heavy atom. The number of hydrogen-bond acceptors (Lipinski definition) is 5. The number of methoxy groups -OCH3 is 3.